The molecule has 2 aromatic carbocycles. The molecule has 1 heterocycles. The second kappa shape index (κ2) is 15.3. The van der Waals surface area contributed by atoms with Gasteiger partial charge in [-0.05, 0) is 93.1 Å². The van der Waals surface area contributed by atoms with E-state index >= 15 is 0 Å². The van der Waals surface area contributed by atoms with Crippen LogP contribution in [0.15, 0.2) is 36.4 Å². The van der Waals surface area contributed by atoms with Crippen LogP contribution in [-0.4, -0.2) is 96.7 Å². The summed E-state index contributed by atoms with van der Waals surface area (Å²) in [4.78, 5) is 36.0. The predicted octanol–water partition coefficient (Wildman–Crippen LogP) is 4.65. The Morgan fingerprint density at radius 2 is 1.86 bits per heavy atom. The van der Waals surface area contributed by atoms with E-state index in [1.54, 1.807) is 19.1 Å². The summed E-state index contributed by atoms with van der Waals surface area (Å²) in [6.07, 6.45) is 0.519. The molecule has 2 amide bonds. The number of likely N-dealkylation sites (N-methyl/N-ethyl adjacent to an activating group) is 1. The summed E-state index contributed by atoms with van der Waals surface area (Å²) in [6, 6.07) is 10.9. The van der Waals surface area contributed by atoms with Crippen molar-refractivity contribution in [2.24, 2.45) is 35.0 Å². The fraction of sp³-hybridized carbons (Fsp3) is 0.650. The van der Waals surface area contributed by atoms with Gasteiger partial charge in [-0.3, -0.25) is 14.4 Å². The van der Waals surface area contributed by atoms with E-state index in [-0.39, 0.29) is 43.0 Å². The largest absolute Gasteiger partial charge is 0.496 e. The third-order valence-corrected chi connectivity index (χ3v) is 12.0. The number of hydrogen-bond acceptors (Lipinski definition) is 8. The first kappa shape index (κ1) is 38.2. The van der Waals surface area contributed by atoms with Crippen molar-refractivity contribution in [3.63, 3.8) is 0 Å². The average molecular weight is 693 g/mol. The van der Waals surface area contributed by atoms with Gasteiger partial charge in [0.1, 0.15) is 17.9 Å². The van der Waals surface area contributed by atoms with Crippen molar-refractivity contribution in [3.05, 3.63) is 53.1 Å². The molecule has 10 heteroatoms. The molecule has 9 atom stereocenters. The van der Waals surface area contributed by atoms with Gasteiger partial charge in [-0.1, -0.05) is 58.9 Å². The third-order valence-electron chi connectivity index (χ3n) is 12.0. The summed E-state index contributed by atoms with van der Waals surface area (Å²) in [6.45, 7) is 15.3. The number of carbonyl (C=O) groups excluding carboxylic acids is 2. The van der Waals surface area contributed by atoms with E-state index in [4.69, 9.17) is 9.57 Å². The molecular weight excluding hydrogens is 632 g/mol. The number of hydroxylamine groups is 2. The smallest absolute Gasteiger partial charge is 0.251 e. The molecule has 4 N–H and O–H groups in total. The molecule has 0 aromatic heterocycles. The minimum atomic E-state index is -0.887. The van der Waals surface area contributed by atoms with Gasteiger partial charge in [0, 0.05) is 41.2 Å². The summed E-state index contributed by atoms with van der Waals surface area (Å²) in [7, 11) is 5.62. The van der Waals surface area contributed by atoms with Crippen LogP contribution < -0.4 is 15.4 Å². The van der Waals surface area contributed by atoms with Crippen molar-refractivity contribution in [2.75, 3.05) is 34.4 Å². The van der Waals surface area contributed by atoms with Crippen molar-refractivity contribution in [3.8, 4) is 16.9 Å². The number of aliphatic hydroxyl groups is 2. The van der Waals surface area contributed by atoms with Gasteiger partial charge >= 0.3 is 0 Å². The minimum Gasteiger partial charge on any atom is -0.496 e. The summed E-state index contributed by atoms with van der Waals surface area (Å²) >= 11 is 0. The van der Waals surface area contributed by atoms with Gasteiger partial charge in [0.15, 0.2) is 0 Å². The first-order valence-corrected chi connectivity index (χ1v) is 18.3. The molecule has 1 saturated heterocycles. The number of rotatable bonds is 13. The van der Waals surface area contributed by atoms with Gasteiger partial charge in [0.05, 0.1) is 26.4 Å². The molecule has 2 aromatic rings. The molecule has 4 aliphatic rings. The highest BCUT2D eigenvalue weighted by atomic mass is 16.7. The SMILES string of the molecule is COc1c(CN2O[C@@H](CO)[C@H]([C@H](C)O)[C@H]2C(=O)N[C@H]2C[C@H]3C[C@@H]([C@@H]2C)C3(C)C)cccc1-c1cc(C)cc(C(=O)N[C@H](CN(C)C)C(C)C)c1. The van der Waals surface area contributed by atoms with Crippen molar-refractivity contribution < 1.29 is 29.4 Å². The number of benzene rings is 2. The number of nitrogens with one attached hydrogen (secondary N) is 2. The molecule has 0 radical (unpaired) electrons. The Balaban J connectivity index is 1.42. The molecule has 1 aliphatic heterocycles. The van der Waals surface area contributed by atoms with E-state index in [0.717, 1.165) is 35.2 Å². The van der Waals surface area contributed by atoms with Crippen molar-refractivity contribution in [2.45, 2.75) is 98.2 Å². The lowest BCUT2D eigenvalue weighted by molar-refractivity contribution is -0.183. The van der Waals surface area contributed by atoms with E-state index in [9.17, 15) is 19.8 Å². The van der Waals surface area contributed by atoms with Gasteiger partial charge in [0.25, 0.3) is 5.91 Å². The van der Waals surface area contributed by atoms with Gasteiger partial charge in [-0.2, -0.15) is 5.06 Å². The quantitative estimate of drug-likeness (QED) is 0.240. The normalized spacial score (nSPS) is 28.6. The van der Waals surface area contributed by atoms with Crippen LogP contribution in [0.3, 0.4) is 0 Å². The van der Waals surface area contributed by atoms with Crippen LogP contribution in [0.1, 0.15) is 75.9 Å². The number of fused-ring (bicyclic) bond motifs is 2. The third kappa shape index (κ3) is 7.60. The Bertz CT molecular complexity index is 1530. The fourth-order valence-electron chi connectivity index (χ4n) is 8.97. The van der Waals surface area contributed by atoms with Gasteiger partial charge in [-0.15, -0.1) is 0 Å². The fourth-order valence-corrected chi connectivity index (χ4v) is 8.97. The maximum absolute atomic E-state index is 14.2. The first-order valence-electron chi connectivity index (χ1n) is 18.3. The van der Waals surface area contributed by atoms with Crippen LogP contribution in [0.2, 0.25) is 0 Å². The van der Waals surface area contributed by atoms with Crippen LogP contribution in [0.4, 0.5) is 0 Å². The molecule has 3 saturated carbocycles. The molecular formula is C40H60N4O6. The number of ether oxygens (including phenoxy) is 1. The van der Waals surface area contributed by atoms with E-state index in [1.807, 2.05) is 57.4 Å². The highest BCUT2D eigenvalue weighted by Crippen LogP contribution is 2.61. The Morgan fingerprint density at radius 3 is 2.44 bits per heavy atom. The zero-order valence-corrected chi connectivity index (χ0v) is 31.7. The minimum absolute atomic E-state index is 0.00277. The number of aryl methyl sites for hydroxylation is 1. The number of nitrogens with zero attached hydrogens (tertiary/aromatic N) is 2. The van der Waals surface area contributed by atoms with Crippen LogP contribution in [0.5, 0.6) is 5.75 Å². The number of carbonyl (C=O) groups is 2. The number of hydrogen-bond donors (Lipinski definition) is 4. The first-order chi connectivity index (χ1) is 23.6. The summed E-state index contributed by atoms with van der Waals surface area (Å²) in [5, 5.41) is 29.4. The highest BCUT2D eigenvalue weighted by molar-refractivity contribution is 5.96. The van der Waals surface area contributed by atoms with Crippen molar-refractivity contribution >= 4 is 11.8 Å². The molecule has 0 unspecified atom stereocenters. The van der Waals surface area contributed by atoms with E-state index in [0.29, 0.717) is 34.5 Å². The van der Waals surface area contributed by atoms with E-state index in [1.165, 1.54) is 6.42 Å². The second-order valence-corrected chi connectivity index (χ2v) is 16.4. The Morgan fingerprint density at radius 1 is 1.14 bits per heavy atom. The van der Waals surface area contributed by atoms with Crippen molar-refractivity contribution in [1.82, 2.24) is 20.6 Å². The van der Waals surface area contributed by atoms with Crippen LogP contribution in [0, 0.1) is 41.9 Å². The number of aliphatic hydroxyl groups excluding tert-OH is 2. The molecule has 3 aliphatic carbocycles. The zero-order valence-electron chi connectivity index (χ0n) is 31.7. The molecule has 0 spiro atoms. The average Bonchev–Trinajstić information content (AvgIpc) is 3.43. The molecule has 6 rings (SSSR count). The maximum atomic E-state index is 14.2. The molecule has 2 bridgehead atoms. The van der Waals surface area contributed by atoms with Gasteiger partial charge < -0.3 is 30.5 Å². The maximum Gasteiger partial charge on any atom is 0.251 e. The Kier molecular flexibility index (Phi) is 11.7. The standard InChI is InChI=1S/C40H60N4O6/c1-22(2)33(20-43(8)9)42-38(47)28-15-23(3)14-27(16-28)30-13-11-12-26(37(30)49-10)19-44-36(35(25(5)46)34(21-45)50-44)39(48)41-32-18-29-17-31(24(32)4)40(29,6)7/h11-16,22,24-25,29,31-36,45-46H,17-21H2,1-10H3,(H,41,48)(H,42,47)/t24-,25-,29+,31-,32-,33+,34-,35-,36-/m0/s1. The lowest BCUT2D eigenvalue weighted by Gasteiger charge is -2.62. The summed E-state index contributed by atoms with van der Waals surface area (Å²) < 4.78 is 6.03. The number of para-hydroxylation sites is 1. The van der Waals surface area contributed by atoms with Gasteiger partial charge in [0.2, 0.25) is 5.91 Å². The van der Waals surface area contributed by atoms with Gasteiger partial charge in [-0.25, -0.2) is 0 Å². The molecule has 4 fully saturated rings. The Labute approximate surface area is 298 Å². The predicted molar refractivity (Wildman–Crippen MR) is 195 cm³/mol. The number of amides is 2. The monoisotopic (exact) mass is 692 g/mol. The second-order valence-electron chi connectivity index (χ2n) is 16.4. The topological polar surface area (TPSA) is 124 Å². The molecule has 50 heavy (non-hydrogen) atoms. The Hall–Kier alpha value is -3.02. The molecule has 276 valence electrons. The van der Waals surface area contributed by atoms with Crippen LogP contribution in [-0.2, 0) is 16.2 Å². The van der Waals surface area contributed by atoms with E-state index in [2.05, 4.69) is 50.2 Å². The summed E-state index contributed by atoms with van der Waals surface area (Å²) in [5.74, 6) is 1.41. The molecule has 10 nitrogen and oxygen atoms in total. The highest BCUT2D eigenvalue weighted by Gasteiger charge is 2.57. The van der Waals surface area contributed by atoms with E-state index < -0.39 is 24.2 Å². The summed E-state index contributed by atoms with van der Waals surface area (Å²) in [5.41, 5.74) is 4.22. The zero-order chi connectivity index (χ0) is 36.7. The lowest BCUT2D eigenvalue weighted by atomic mass is 9.45. The van der Waals surface area contributed by atoms with Crippen LogP contribution >= 0.6 is 0 Å². The van der Waals surface area contributed by atoms with Crippen LogP contribution in [0.25, 0.3) is 11.1 Å². The van der Waals surface area contributed by atoms with Crippen molar-refractivity contribution in [1.29, 1.82) is 0 Å². The number of methoxy groups -OCH3 is 1. The lowest BCUT2D eigenvalue weighted by Crippen LogP contribution is -2.62.